The number of anilines is 4. The Hall–Kier alpha value is -6.36. The molecule has 18 heteroatoms. The lowest BCUT2D eigenvalue weighted by Crippen LogP contribution is -2.54. The zero-order valence-corrected chi connectivity index (χ0v) is 34.3. The number of rotatable bonds is 8. The molecule has 1 atom stereocenters. The molecule has 0 radical (unpaired) electrons. The number of fused-ring (bicyclic) bond motifs is 4. The van der Waals surface area contributed by atoms with Gasteiger partial charge < -0.3 is 15.1 Å². The zero-order chi connectivity index (χ0) is 41.9. The van der Waals surface area contributed by atoms with Crippen LogP contribution in [0.15, 0.2) is 84.0 Å². The van der Waals surface area contributed by atoms with Gasteiger partial charge in [-0.2, -0.15) is 4.98 Å². The number of piperidine rings is 2. The second-order valence-corrected chi connectivity index (χ2v) is 16.6. The smallest absolute Gasteiger partial charge is 0.270 e. The molecule has 0 spiro atoms. The van der Waals surface area contributed by atoms with Crippen molar-refractivity contribution in [3.05, 3.63) is 111 Å². The lowest BCUT2D eigenvalue weighted by Gasteiger charge is -2.40. The normalized spacial score (nSPS) is 19.0. The molecule has 1 unspecified atom stereocenters. The number of nitrogens with one attached hydrogen (secondary N) is 2. The molecule has 10 rings (SSSR count). The van der Waals surface area contributed by atoms with E-state index in [2.05, 4.69) is 47.4 Å². The Balaban J connectivity index is 0.728. The van der Waals surface area contributed by atoms with Gasteiger partial charge in [0.1, 0.15) is 11.4 Å². The molecule has 0 aliphatic carbocycles. The minimum Gasteiger partial charge on any atom is -0.371 e. The number of amides is 4. The Morgan fingerprint density at radius 1 is 0.770 bits per heavy atom. The van der Waals surface area contributed by atoms with Gasteiger partial charge >= 0.3 is 0 Å². The van der Waals surface area contributed by atoms with Gasteiger partial charge in [0.15, 0.2) is 5.65 Å². The van der Waals surface area contributed by atoms with Crippen molar-refractivity contribution in [2.45, 2.75) is 31.7 Å². The second kappa shape index (κ2) is 15.6. The molecule has 7 heterocycles. The second-order valence-electron chi connectivity index (χ2n) is 15.8. The molecular formula is C43H39Cl2N11O5. The minimum atomic E-state index is -0.975. The lowest BCUT2D eigenvalue weighted by atomic mass is 9.95. The first kappa shape index (κ1) is 38.8. The molecule has 61 heavy (non-hydrogen) atoms. The summed E-state index contributed by atoms with van der Waals surface area (Å²) in [4.78, 5) is 86.1. The highest BCUT2D eigenvalue weighted by molar-refractivity contribution is 6.37. The van der Waals surface area contributed by atoms with Gasteiger partial charge in [0.25, 0.3) is 17.4 Å². The molecule has 0 bridgehead atoms. The molecule has 4 aliphatic rings. The third-order valence-corrected chi connectivity index (χ3v) is 12.8. The molecular weight excluding hydrogens is 821 g/mol. The van der Waals surface area contributed by atoms with E-state index >= 15 is 0 Å². The number of hydrogen-bond donors (Lipinski definition) is 2. The number of benzene rings is 3. The third kappa shape index (κ3) is 7.03. The Morgan fingerprint density at radius 3 is 2.21 bits per heavy atom. The van der Waals surface area contributed by atoms with Crippen LogP contribution in [0.2, 0.25) is 10.0 Å². The summed E-state index contributed by atoms with van der Waals surface area (Å²) < 4.78 is 3.09. The van der Waals surface area contributed by atoms with Gasteiger partial charge in [-0.25, -0.2) is 14.5 Å². The van der Waals surface area contributed by atoms with Crippen LogP contribution in [0.1, 0.15) is 46.4 Å². The summed E-state index contributed by atoms with van der Waals surface area (Å²) in [6.45, 7) is 6.47. The van der Waals surface area contributed by atoms with Crippen molar-refractivity contribution in [3.8, 4) is 5.69 Å². The number of nitrogens with zero attached hydrogens (tertiary/aromatic N) is 9. The van der Waals surface area contributed by atoms with Gasteiger partial charge in [-0.1, -0.05) is 29.3 Å². The van der Waals surface area contributed by atoms with Crippen LogP contribution in [0.25, 0.3) is 22.5 Å². The fourth-order valence-electron chi connectivity index (χ4n) is 8.98. The summed E-state index contributed by atoms with van der Waals surface area (Å²) in [7, 11) is 0. The fraction of sp³-hybridized carbons (Fsp3) is 0.302. The molecule has 3 fully saturated rings. The van der Waals surface area contributed by atoms with Crippen molar-refractivity contribution >= 4 is 86.7 Å². The first-order chi connectivity index (χ1) is 29.6. The number of imidazole rings is 1. The fourth-order valence-corrected chi connectivity index (χ4v) is 9.54. The molecule has 3 aromatic heterocycles. The summed E-state index contributed by atoms with van der Waals surface area (Å²) in [6.07, 6.45) is 7.07. The summed E-state index contributed by atoms with van der Waals surface area (Å²) in [5, 5.41) is 6.43. The van der Waals surface area contributed by atoms with E-state index in [0.29, 0.717) is 50.2 Å². The summed E-state index contributed by atoms with van der Waals surface area (Å²) in [5.41, 5.74) is 3.78. The van der Waals surface area contributed by atoms with Crippen LogP contribution in [0.4, 0.5) is 23.0 Å². The van der Waals surface area contributed by atoms with E-state index in [1.165, 1.54) is 10.8 Å². The highest BCUT2D eigenvalue weighted by atomic mass is 35.5. The van der Waals surface area contributed by atoms with E-state index in [1.807, 2.05) is 18.2 Å². The number of carbonyl (C=O) groups excluding carboxylic acids is 4. The first-order valence-electron chi connectivity index (χ1n) is 20.3. The highest BCUT2D eigenvalue weighted by Crippen LogP contribution is 2.33. The number of hydrogen-bond acceptors (Lipinski definition) is 12. The van der Waals surface area contributed by atoms with Crippen LogP contribution < -0.4 is 26.0 Å². The van der Waals surface area contributed by atoms with E-state index in [1.54, 1.807) is 47.1 Å². The molecule has 3 saturated heterocycles. The Kier molecular flexibility index (Phi) is 9.92. The quantitative estimate of drug-likeness (QED) is 0.199. The van der Waals surface area contributed by atoms with Gasteiger partial charge in [-0.15, -0.1) is 0 Å². The number of halogens is 2. The number of aromatic nitrogens is 5. The third-order valence-electron chi connectivity index (χ3n) is 12.2. The van der Waals surface area contributed by atoms with E-state index in [0.717, 1.165) is 80.6 Å². The molecule has 4 aliphatic heterocycles. The van der Waals surface area contributed by atoms with E-state index in [9.17, 15) is 24.0 Å². The predicted octanol–water partition coefficient (Wildman–Crippen LogP) is 4.92. The Morgan fingerprint density at radius 2 is 1.48 bits per heavy atom. The zero-order valence-electron chi connectivity index (χ0n) is 32.8. The minimum absolute atomic E-state index is 0.0900. The summed E-state index contributed by atoms with van der Waals surface area (Å²) in [6, 6.07) is 17.6. The number of imide groups is 2. The van der Waals surface area contributed by atoms with E-state index in [4.69, 9.17) is 28.2 Å². The molecule has 310 valence electrons. The standard InChI is InChI=1S/C43H39Cl2N11O5/c44-32-2-1-3-33(45)36(32)56-41(61)31-23-47-42(50-37(31)54-17-14-46-43(54)56)48-26-4-6-27(7-5-26)53-20-18-51(19-21-53)24-25-12-15-52(16-13-25)28-8-9-29-30(22-28)40(60)55(39(29)59)34-10-11-35(57)49-38(34)58/h1-9,14,17,22-23,25,34H,10-13,15-16,18-21,24H2,(H,47,48,50)(H,49,57,58). The van der Waals surface area contributed by atoms with Crippen molar-refractivity contribution < 1.29 is 19.2 Å². The molecule has 0 saturated carbocycles. The molecule has 6 aromatic rings. The maximum Gasteiger partial charge on any atom is 0.270 e. The Bertz CT molecular complexity index is 2810. The van der Waals surface area contributed by atoms with Crippen molar-refractivity contribution in [1.82, 2.24) is 39.0 Å². The number of para-hydroxylation sites is 1. The largest absolute Gasteiger partial charge is 0.371 e. The van der Waals surface area contributed by atoms with Gasteiger partial charge in [0.05, 0.1) is 26.9 Å². The SMILES string of the molecule is O=C1CCC(N2C(=O)c3ccc(N4CCC(CN5CCN(c6ccc(Nc7ncc8c(=O)n(-c9c(Cl)cccc9Cl)c9nccn9c8n7)cc6)CC5)CC4)cc3C2=O)C(=O)N1. The number of piperazine rings is 1. The highest BCUT2D eigenvalue weighted by Gasteiger charge is 2.45. The molecule has 3 aromatic carbocycles. The lowest BCUT2D eigenvalue weighted by molar-refractivity contribution is -0.136. The summed E-state index contributed by atoms with van der Waals surface area (Å²) >= 11 is 13.0. The maximum absolute atomic E-state index is 13.7. The monoisotopic (exact) mass is 859 g/mol. The first-order valence-corrected chi connectivity index (χ1v) is 21.0. The van der Waals surface area contributed by atoms with Gasteiger partial charge in [0.2, 0.25) is 23.5 Å². The summed E-state index contributed by atoms with van der Waals surface area (Å²) in [5.74, 6) is -0.767. The van der Waals surface area contributed by atoms with Crippen LogP contribution >= 0.6 is 23.2 Å². The van der Waals surface area contributed by atoms with Crippen LogP contribution in [0.3, 0.4) is 0 Å². The van der Waals surface area contributed by atoms with Crippen molar-refractivity contribution in [2.24, 2.45) is 5.92 Å². The van der Waals surface area contributed by atoms with Gasteiger partial charge in [-0.3, -0.25) is 43.5 Å². The van der Waals surface area contributed by atoms with E-state index in [-0.39, 0.29) is 23.8 Å². The molecule has 2 N–H and O–H groups in total. The van der Waals surface area contributed by atoms with Crippen LogP contribution in [-0.2, 0) is 9.59 Å². The van der Waals surface area contributed by atoms with E-state index < -0.39 is 29.7 Å². The topological polar surface area (TPSA) is 170 Å². The van der Waals surface area contributed by atoms with Crippen LogP contribution in [0.5, 0.6) is 0 Å². The molecule has 16 nitrogen and oxygen atoms in total. The van der Waals surface area contributed by atoms with Crippen molar-refractivity contribution in [2.75, 3.05) is 60.9 Å². The average Bonchev–Trinajstić information content (AvgIpc) is 3.85. The average molecular weight is 861 g/mol. The van der Waals surface area contributed by atoms with Gasteiger partial charge in [0, 0.05) is 87.9 Å². The van der Waals surface area contributed by atoms with Gasteiger partial charge in [-0.05, 0) is 79.8 Å². The van der Waals surface area contributed by atoms with Crippen LogP contribution in [-0.4, -0.2) is 109 Å². The van der Waals surface area contributed by atoms with Crippen molar-refractivity contribution in [1.29, 1.82) is 0 Å². The number of carbonyl (C=O) groups is 4. The maximum atomic E-state index is 13.7. The predicted molar refractivity (Wildman–Crippen MR) is 230 cm³/mol. The van der Waals surface area contributed by atoms with Crippen LogP contribution in [0, 0.1) is 5.92 Å². The molecule has 4 amide bonds. The Labute approximate surface area is 358 Å². The van der Waals surface area contributed by atoms with Crippen molar-refractivity contribution in [3.63, 3.8) is 0 Å².